The largest absolute Gasteiger partial charge is 0.497 e. The van der Waals surface area contributed by atoms with Gasteiger partial charge in [-0.05, 0) is 37.3 Å². The predicted octanol–water partition coefficient (Wildman–Crippen LogP) is 2.12. The second-order valence-corrected chi connectivity index (χ2v) is 6.98. The number of benzene rings is 1. The summed E-state index contributed by atoms with van der Waals surface area (Å²) in [6.45, 7) is 1.75. The highest BCUT2D eigenvalue weighted by molar-refractivity contribution is 7.13. The Balaban J connectivity index is 1.67. The van der Waals surface area contributed by atoms with E-state index in [1.54, 1.807) is 37.6 Å². The number of nitrogens with zero attached hydrogens (tertiary/aromatic N) is 3. The van der Waals surface area contributed by atoms with Crippen LogP contribution in [0.2, 0.25) is 0 Å². The van der Waals surface area contributed by atoms with Gasteiger partial charge < -0.3 is 14.8 Å². The minimum Gasteiger partial charge on any atom is -0.497 e. The monoisotopic (exact) mass is 428 g/mol. The van der Waals surface area contributed by atoms with Crippen LogP contribution in [0.25, 0.3) is 11.3 Å². The van der Waals surface area contributed by atoms with Gasteiger partial charge in [-0.1, -0.05) is 0 Å². The average Bonchev–Trinajstić information content (AvgIpc) is 3.16. The molecule has 2 aromatic heterocycles. The molecule has 10 heteroatoms. The number of thiazole rings is 1. The molecular formula is C20H20N4O5S. The predicted molar refractivity (Wildman–Crippen MR) is 112 cm³/mol. The number of rotatable bonds is 8. The first-order valence-electron chi connectivity index (χ1n) is 9.11. The summed E-state index contributed by atoms with van der Waals surface area (Å²) in [4.78, 5) is 40.2. The summed E-state index contributed by atoms with van der Waals surface area (Å²) in [7, 11) is 1.58. The average molecular weight is 428 g/mol. The molecule has 0 unspecified atom stereocenters. The van der Waals surface area contributed by atoms with Crippen molar-refractivity contribution in [1.82, 2.24) is 14.8 Å². The summed E-state index contributed by atoms with van der Waals surface area (Å²) >= 11 is 1.19. The molecule has 2 heterocycles. The minimum absolute atomic E-state index is 0.0329. The zero-order valence-electron chi connectivity index (χ0n) is 16.5. The van der Waals surface area contributed by atoms with Crippen LogP contribution in [-0.4, -0.2) is 40.4 Å². The molecule has 0 spiro atoms. The summed E-state index contributed by atoms with van der Waals surface area (Å²) in [5.41, 5.74) is 1.44. The van der Waals surface area contributed by atoms with Crippen LogP contribution in [0.4, 0.5) is 5.13 Å². The van der Waals surface area contributed by atoms with Crippen molar-refractivity contribution in [3.63, 3.8) is 0 Å². The van der Waals surface area contributed by atoms with E-state index < -0.39 is 11.5 Å². The first-order chi connectivity index (χ1) is 14.5. The number of anilines is 1. The van der Waals surface area contributed by atoms with Crippen LogP contribution in [-0.2, 0) is 27.3 Å². The van der Waals surface area contributed by atoms with E-state index in [-0.39, 0.29) is 18.9 Å². The number of hydrogen-bond donors (Lipinski definition) is 1. The molecule has 0 aliphatic rings. The third-order valence-electron chi connectivity index (χ3n) is 3.97. The lowest BCUT2D eigenvalue weighted by Crippen LogP contribution is -2.29. The van der Waals surface area contributed by atoms with Gasteiger partial charge >= 0.3 is 5.97 Å². The molecule has 0 radical (unpaired) electrons. The Kier molecular flexibility index (Phi) is 6.91. The molecule has 30 heavy (non-hydrogen) atoms. The molecule has 0 fully saturated rings. The van der Waals surface area contributed by atoms with E-state index in [2.05, 4.69) is 15.4 Å². The van der Waals surface area contributed by atoms with E-state index in [1.807, 2.05) is 12.1 Å². The van der Waals surface area contributed by atoms with Gasteiger partial charge in [0.15, 0.2) is 5.13 Å². The van der Waals surface area contributed by atoms with Crippen LogP contribution in [0, 0.1) is 0 Å². The zero-order valence-corrected chi connectivity index (χ0v) is 17.3. The van der Waals surface area contributed by atoms with Crippen molar-refractivity contribution < 1.29 is 19.1 Å². The Morgan fingerprint density at radius 3 is 2.63 bits per heavy atom. The van der Waals surface area contributed by atoms with Crippen LogP contribution in [0.15, 0.2) is 46.6 Å². The lowest BCUT2D eigenvalue weighted by molar-refractivity contribution is -0.142. The van der Waals surface area contributed by atoms with E-state index in [9.17, 15) is 14.4 Å². The Morgan fingerprint density at radius 2 is 1.93 bits per heavy atom. The molecular weight excluding hydrogens is 408 g/mol. The number of methoxy groups -OCH3 is 1. The molecule has 0 aliphatic carbocycles. The smallest absolute Gasteiger partial charge is 0.311 e. The third kappa shape index (κ3) is 5.51. The van der Waals surface area contributed by atoms with E-state index in [1.165, 1.54) is 17.4 Å². The van der Waals surface area contributed by atoms with Gasteiger partial charge in [0.2, 0.25) is 5.91 Å². The first kappa shape index (κ1) is 21.2. The van der Waals surface area contributed by atoms with Crippen LogP contribution in [0.5, 0.6) is 5.75 Å². The number of aromatic nitrogens is 3. The number of carbonyl (C=O) groups is 2. The number of amides is 1. The molecule has 1 amide bonds. The van der Waals surface area contributed by atoms with Crippen molar-refractivity contribution in [3.05, 3.63) is 57.8 Å². The molecule has 0 bridgehead atoms. The minimum atomic E-state index is -0.450. The molecule has 9 nitrogen and oxygen atoms in total. The fraction of sp³-hybridized carbons (Fsp3) is 0.250. The van der Waals surface area contributed by atoms with Gasteiger partial charge in [-0.2, -0.15) is 5.10 Å². The van der Waals surface area contributed by atoms with Gasteiger partial charge in [0.1, 0.15) is 12.3 Å². The SMILES string of the molecule is CCOC(=O)Cc1csc(NC(=O)Cn2nc(-c3ccc(OC)cc3)ccc2=O)n1. The highest BCUT2D eigenvalue weighted by Gasteiger charge is 2.12. The van der Waals surface area contributed by atoms with Crippen molar-refractivity contribution >= 4 is 28.3 Å². The van der Waals surface area contributed by atoms with Gasteiger partial charge in [-0.3, -0.25) is 14.4 Å². The number of nitrogens with one attached hydrogen (secondary N) is 1. The second-order valence-electron chi connectivity index (χ2n) is 6.12. The highest BCUT2D eigenvalue weighted by Crippen LogP contribution is 2.20. The second kappa shape index (κ2) is 9.79. The summed E-state index contributed by atoms with van der Waals surface area (Å²) in [5, 5.41) is 8.89. The van der Waals surface area contributed by atoms with Crippen molar-refractivity contribution in [1.29, 1.82) is 0 Å². The molecule has 0 aliphatic heterocycles. The van der Waals surface area contributed by atoms with E-state index in [4.69, 9.17) is 9.47 Å². The molecule has 3 rings (SSSR count). The molecule has 156 valence electrons. The number of hydrogen-bond acceptors (Lipinski definition) is 8. The standard InChI is InChI=1S/C20H20N4O5S/c1-3-29-19(27)10-14-12-30-20(21-14)22-17(25)11-24-18(26)9-8-16(23-24)13-4-6-15(28-2)7-5-13/h4-9,12H,3,10-11H2,1-2H3,(H,21,22,25). The fourth-order valence-electron chi connectivity index (χ4n) is 2.58. The summed E-state index contributed by atoms with van der Waals surface area (Å²) in [6.07, 6.45) is 0.0329. The Hall–Kier alpha value is -3.53. The molecule has 0 saturated carbocycles. The highest BCUT2D eigenvalue weighted by atomic mass is 32.1. The quantitative estimate of drug-likeness (QED) is 0.547. The third-order valence-corrected chi connectivity index (χ3v) is 4.78. The normalized spacial score (nSPS) is 10.5. The molecule has 3 aromatic rings. The van der Waals surface area contributed by atoms with Crippen molar-refractivity contribution in [3.8, 4) is 17.0 Å². The van der Waals surface area contributed by atoms with Gasteiger partial charge in [0, 0.05) is 17.0 Å². The van der Waals surface area contributed by atoms with Gasteiger partial charge in [-0.25, -0.2) is 9.67 Å². The Bertz CT molecular complexity index is 1090. The van der Waals surface area contributed by atoms with Crippen LogP contribution in [0.3, 0.4) is 0 Å². The summed E-state index contributed by atoms with van der Waals surface area (Å²) in [5.74, 6) is -0.127. The van der Waals surface area contributed by atoms with Gasteiger partial charge in [0.25, 0.3) is 5.56 Å². The van der Waals surface area contributed by atoms with Crippen molar-refractivity contribution in [2.75, 3.05) is 19.0 Å². The lowest BCUT2D eigenvalue weighted by Gasteiger charge is -2.07. The first-order valence-corrected chi connectivity index (χ1v) is 9.99. The maximum absolute atomic E-state index is 12.3. The maximum atomic E-state index is 12.3. The van der Waals surface area contributed by atoms with Crippen molar-refractivity contribution in [2.24, 2.45) is 0 Å². The molecule has 0 atom stereocenters. The number of carbonyl (C=O) groups excluding carboxylic acids is 2. The van der Waals surface area contributed by atoms with Crippen molar-refractivity contribution in [2.45, 2.75) is 19.9 Å². The number of esters is 1. The topological polar surface area (TPSA) is 112 Å². The van der Waals surface area contributed by atoms with Crippen LogP contribution >= 0.6 is 11.3 Å². The molecule has 1 N–H and O–H groups in total. The summed E-state index contributed by atoms with van der Waals surface area (Å²) < 4.78 is 11.1. The van der Waals surface area contributed by atoms with Gasteiger partial charge in [0.05, 0.1) is 31.5 Å². The molecule has 1 aromatic carbocycles. The Morgan fingerprint density at radius 1 is 1.17 bits per heavy atom. The van der Waals surface area contributed by atoms with Crippen LogP contribution in [0.1, 0.15) is 12.6 Å². The van der Waals surface area contributed by atoms with E-state index >= 15 is 0 Å². The molecule has 0 saturated heterocycles. The fourth-order valence-corrected chi connectivity index (χ4v) is 3.30. The number of ether oxygens (including phenoxy) is 2. The Labute approximate surface area is 176 Å². The van der Waals surface area contributed by atoms with E-state index in [0.717, 1.165) is 10.2 Å². The summed E-state index contributed by atoms with van der Waals surface area (Å²) in [6, 6.07) is 10.2. The van der Waals surface area contributed by atoms with Crippen LogP contribution < -0.4 is 15.6 Å². The van der Waals surface area contributed by atoms with E-state index in [0.29, 0.717) is 28.9 Å². The lowest BCUT2D eigenvalue weighted by atomic mass is 10.1. The van der Waals surface area contributed by atoms with Gasteiger partial charge in [-0.15, -0.1) is 11.3 Å². The maximum Gasteiger partial charge on any atom is 0.311 e. The zero-order chi connectivity index (χ0) is 21.5.